The first-order valence-electron chi connectivity index (χ1n) is 27.7. The largest absolute Gasteiger partial charge is 0.462 e. The van der Waals surface area contributed by atoms with Crippen molar-refractivity contribution in [3.05, 3.63) is 36.5 Å². The molecule has 0 aliphatic rings. The molecule has 0 aromatic carbocycles. The second-order valence-electron chi connectivity index (χ2n) is 19.0. The first kappa shape index (κ1) is 63.5. The van der Waals surface area contributed by atoms with Crippen LogP contribution in [0.25, 0.3) is 0 Å². The fraction of sp³-hybridized carbons (Fsp3) is 0.842. The van der Waals surface area contributed by atoms with E-state index in [0.717, 1.165) is 167 Å². The molecule has 386 valence electrons. The first-order valence-corrected chi connectivity index (χ1v) is 27.7. The van der Waals surface area contributed by atoms with Gasteiger partial charge in [0.2, 0.25) is 0 Å². The van der Waals surface area contributed by atoms with Crippen molar-refractivity contribution in [2.24, 2.45) is 0 Å². The highest BCUT2D eigenvalue weighted by Crippen LogP contribution is 2.15. The number of hydrogen-bond acceptors (Lipinski definition) is 9. The standard InChI is InChI=1S/C57H104O9/c1-4-7-10-31-40-51(58)43-34-25-19-13-16-22-28-37-46-55(61)64-49-54(66-57(63)48-39-30-24-18-15-21-27-36-45-53(60)42-33-12-9-6-3)50-65-56(62)47-38-29-23-17-14-20-26-35-44-52(59)41-32-11-8-5-2/h25-27,34-36,51-54,58-60H,4-24,28-33,37-50H2,1-3H3/b34-25-,35-26+,36-27-/t51-,52+,53-,54?/m1/s1. The van der Waals surface area contributed by atoms with Crippen LogP contribution in [0.3, 0.4) is 0 Å². The number of carbonyl (C=O) groups is 3. The molecule has 9 heteroatoms. The molecular formula is C57H104O9. The highest BCUT2D eigenvalue weighted by atomic mass is 16.6. The van der Waals surface area contributed by atoms with Gasteiger partial charge in [-0.2, -0.15) is 0 Å². The molecule has 0 aliphatic carbocycles. The minimum atomic E-state index is -0.836. The summed E-state index contributed by atoms with van der Waals surface area (Å²) in [6.07, 6.45) is 48.9. The molecule has 0 rings (SSSR count). The summed E-state index contributed by atoms with van der Waals surface area (Å²) in [7, 11) is 0. The smallest absolute Gasteiger partial charge is 0.306 e. The normalized spacial score (nSPS) is 13.7. The average Bonchev–Trinajstić information content (AvgIpc) is 3.30. The Hall–Kier alpha value is -2.49. The molecule has 0 fully saturated rings. The van der Waals surface area contributed by atoms with Crippen LogP contribution in [0.15, 0.2) is 36.5 Å². The highest BCUT2D eigenvalue weighted by Gasteiger charge is 2.19. The van der Waals surface area contributed by atoms with E-state index in [-0.39, 0.29) is 55.9 Å². The maximum absolute atomic E-state index is 12.8. The van der Waals surface area contributed by atoms with Crippen LogP contribution in [0.4, 0.5) is 0 Å². The Labute approximate surface area is 405 Å². The zero-order chi connectivity index (χ0) is 48.4. The monoisotopic (exact) mass is 933 g/mol. The molecule has 0 aliphatic heterocycles. The van der Waals surface area contributed by atoms with E-state index in [1.54, 1.807) is 0 Å². The lowest BCUT2D eigenvalue weighted by molar-refractivity contribution is -0.167. The fourth-order valence-corrected chi connectivity index (χ4v) is 7.95. The van der Waals surface area contributed by atoms with E-state index >= 15 is 0 Å². The summed E-state index contributed by atoms with van der Waals surface area (Å²) in [6, 6.07) is 0. The highest BCUT2D eigenvalue weighted by molar-refractivity contribution is 5.71. The number of carbonyl (C=O) groups excluding carboxylic acids is 3. The Balaban J connectivity index is 4.51. The minimum absolute atomic E-state index is 0.132. The predicted octanol–water partition coefficient (Wildman–Crippen LogP) is 15.0. The van der Waals surface area contributed by atoms with E-state index in [4.69, 9.17) is 14.2 Å². The Kier molecular flexibility index (Phi) is 48.5. The molecule has 4 atom stereocenters. The van der Waals surface area contributed by atoms with Crippen LogP contribution in [0, 0.1) is 0 Å². The van der Waals surface area contributed by atoms with Crippen LogP contribution in [0.2, 0.25) is 0 Å². The predicted molar refractivity (Wildman–Crippen MR) is 274 cm³/mol. The van der Waals surface area contributed by atoms with E-state index in [9.17, 15) is 29.7 Å². The molecule has 9 nitrogen and oxygen atoms in total. The maximum Gasteiger partial charge on any atom is 0.306 e. The van der Waals surface area contributed by atoms with Gasteiger partial charge in [-0.25, -0.2) is 0 Å². The molecule has 0 radical (unpaired) electrons. The zero-order valence-corrected chi connectivity index (χ0v) is 43.1. The van der Waals surface area contributed by atoms with E-state index in [1.165, 1.54) is 57.8 Å². The van der Waals surface area contributed by atoms with Gasteiger partial charge in [0.25, 0.3) is 0 Å². The van der Waals surface area contributed by atoms with Gasteiger partial charge < -0.3 is 29.5 Å². The Morgan fingerprint density at radius 1 is 0.364 bits per heavy atom. The molecule has 0 bridgehead atoms. The lowest BCUT2D eigenvalue weighted by Crippen LogP contribution is -2.30. The van der Waals surface area contributed by atoms with Gasteiger partial charge in [0.05, 0.1) is 18.3 Å². The van der Waals surface area contributed by atoms with Crippen LogP contribution in [0.5, 0.6) is 0 Å². The van der Waals surface area contributed by atoms with E-state index < -0.39 is 6.10 Å². The molecule has 0 saturated heterocycles. The number of esters is 3. The number of ether oxygens (including phenoxy) is 3. The molecular weight excluding hydrogens is 829 g/mol. The van der Waals surface area contributed by atoms with Gasteiger partial charge in [-0.15, -0.1) is 0 Å². The van der Waals surface area contributed by atoms with Crippen LogP contribution >= 0.6 is 0 Å². The van der Waals surface area contributed by atoms with Crippen LogP contribution in [0.1, 0.15) is 271 Å². The summed E-state index contributed by atoms with van der Waals surface area (Å²) < 4.78 is 16.7. The quantitative estimate of drug-likeness (QED) is 0.0235. The average molecular weight is 933 g/mol. The third-order valence-electron chi connectivity index (χ3n) is 12.3. The van der Waals surface area contributed by atoms with Gasteiger partial charge in [-0.05, 0) is 96.3 Å². The molecule has 0 aromatic rings. The third-order valence-corrected chi connectivity index (χ3v) is 12.3. The lowest BCUT2D eigenvalue weighted by atomic mass is 10.1. The summed E-state index contributed by atoms with van der Waals surface area (Å²) >= 11 is 0. The van der Waals surface area contributed by atoms with Crippen molar-refractivity contribution in [1.29, 1.82) is 0 Å². The summed E-state index contributed by atoms with van der Waals surface area (Å²) in [5.74, 6) is -1.04. The Morgan fingerprint density at radius 2 is 0.652 bits per heavy atom. The second-order valence-corrected chi connectivity index (χ2v) is 19.0. The number of aliphatic hydroxyl groups excluding tert-OH is 3. The van der Waals surface area contributed by atoms with Gasteiger partial charge >= 0.3 is 17.9 Å². The third kappa shape index (κ3) is 48.0. The molecule has 1 unspecified atom stereocenters. The summed E-state index contributed by atoms with van der Waals surface area (Å²) in [5, 5.41) is 30.4. The van der Waals surface area contributed by atoms with E-state index in [0.29, 0.717) is 19.3 Å². The van der Waals surface area contributed by atoms with Crippen molar-refractivity contribution in [2.75, 3.05) is 13.2 Å². The van der Waals surface area contributed by atoms with Crippen LogP contribution < -0.4 is 0 Å². The van der Waals surface area contributed by atoms with Crippen molar-refractivity contribution in [1.82, 2.24) is 0 Å². The topological polar surface area (TPSA) is 140 Å². The van der Waals surface area contributed by atoms with Gasteiger partial charge in [-0.3, -0.25) is 14.4 Å². The maximum atomic E-state index is 12.8. The van der Waals surface area contributed by atoms with Crippen molar-refractivity contribution in [2.45, 2.75) is 296 Å². The Morgan fingerprint density at radius 3 is 0.985 bits per heavy atom. The molecule has 0 spiro atoms. The molecule has 0 heterocycles. The summed E-state index contributed by atoms with van der Waals surface area (Å²) in [5.41, 5.74) is 0. The van der Waals surface area contributed by atoms with Crippen molar-refractivity contribution in [3.63, 3.8) is 0 Å². The fourth-order valence-electron chi connectivity index (χ4n) is 7.95. The first-order chi connectivity index (χ1) is 32.2. The van der Waals surface area contributed by atoms with Crippen molar-refractivity contribution < 1.29 is 43.9 Å². The lowest BCUT2D eigenvalue weighted by Gasteiger charge is -2.18. The van der Waals surface area contributed by atoms with E-state index in [1.807, 2.05) is 0 Å². The number of rotatable bonds is 50. The van der Waals surface area contributed by atoms with Crippen LogP contribution in [-0.2, 0) is 28.6 Å². The second kappa shape index (κ2) is 50.4. The molecule has 66 heavy (non-hydrogen) atoms. The SMILES string of the molecule is CCCCCC[C@H](O)C/C=C/CCCCCCCC(=O)OCC(COC(=O)CCCCCCC/C=C\C[C@H](O)CCCCCC)OC(=O)CCCCCCC/C=C\C[C@H](O)CCCCCC. The van der Waals surface area contributed by atoms with E-state index in [2.05, 4.69) is 57.2 Å². The number of aliphatic hydroxyl groups is 3. The molecule has 3 N–H and O–H groups in total. The van der Waals surface area contributed by atoms with Crippen LogP contribution in [-0.4, -0.2) is 70.9 Å². The summed E-state index contributed by atoms with van der Waals surface area (Å²) in [4.78, 5) is 38.1. The number of allylic oxidation sites excluding steroid dienone is 3. The van der Waals surface area contributed by atoms with Gasteiger partial charge in [0.15, 0.2) is 6.10 Å². The number of unbranched alkanes of at least 4 members (excludes halogenated alkanes) is 24. The van der Waals surface area contributed by atoms with Gasteiger partial charge in [0, 0.05) is 19.3 Å². The molecule has 0 aromatic heterocycles. The minimum Gasteiger partial charge on any atom is -0.462 e. The summed E-state index contributed by atoms with van der Waals surface area (Å²) in [6.45, 7) is 6.33. The van der Waals surface area contributed by atoms with Crippen molar-refractivity contribution >= 4 is 17.9 Å². The molecule has 0 amide bonds. The molecule has 0 saturated carbocycles. The van der Waals surface area contributed by atoms with Crippen molar-refractivity contribution in [3.8, 4) is 0 Å². The van der Waals surface area contributed by atoms with Gasteiger partial charge in [0.1, 0.15) is 13.2 Å². The zero-order valence-electron chi connectivity index (χ0n) is 43.1. The number of hydrogen-bond donors (Lipinski definition) is 3. The Bertz CT molecular complexity index is 1110. The van der Waals surface area contributed by atoms with Gasteiger partial charge in [-0.1, -0.05) is 192 Å².